The van der Waals surface area contributed by atoms with E-state index in [1.54, 1.807) is 11.6 Å². The van der Waals surface area contributed by atoms with Gasteiger partial charge in [-0.25, -0.2) is 8.78 Å². The predicted molar refractivity (Wildman–Crippen MR) is 117 cm³/mol. The average molecular weight is 401 g/mol. The number of hydrogen-bond donors (Lipinski definition) is 0. The molecule has 1 unspecified atom stereocenters. The van der Waals surface area contributed by atoms with Gasteiger partial charge in [0.05, 0.1) is 0 Å². The van der Waals surface area contributed by atoms with Gasteiger partial charge >= 0.3 is 0 Å². The minimum Gasteiger partial charge on any atom is -0.204 e. The van der Waals surface area contributed by atoms with Crippen LogP contribution in [0.1, 0.15) is 102 Å². The molecule has 2 saturated carbocycles. The largest absolute Gasteiger partial charge is 0.204 e. The van der Waals surface area contributed by atoms with Crippen LogP contribution < -0.4 is 0 Å². The summed E-state index contributed by atoms with van der Waals surface area (Å²) in [6, 6.07) is 4.50. The van der Waals surface area contributed by atoms with E-state index in [1.165, 1.54) is 82.8 Å². The zero-order valence-electron chi connectivity index (χ0n) is 18.1. The van der Waals surface area contributed by atoms with E-state index in [4.69, 9.17) is 0 Å². The van der Waals surface area contributed by atoms with Crippen molar-refractivity contribution < 1.29 is 8.78 Å². The lowest BCUT2D eigenvalue weighted by molar-refractivity contribution is 0.210. The molecule has 1 aromatic rings. The van der Waals surface area contributed by atoms with E-state index in [0.717, 1.165) is 42.1 Å². The van der Waals surface area contributed by atoms with E-state index in [-0.39, 0.29) is 0 Å². The maximum atomic E-state index is 13.6. The minimum atomic E-state index is -0.730. The molecule has 2 heteroatoms. The van der Waals surface area contributed by atoms with Crippen molar-refractivity contribution in [3.63, 3.8) is 0 Å². The molecule has 0 N–H and O–H groups in total. The van der Waals surface area contributed by atoms with Gasteiger partial charge in [0, 0.05) is 0 Å². The van der Waals surface area contributed by atoms with Gasteiger partial charge < -0.3 is 0 Å². The predicted octanol–water partition coefficient (Wildman–Crippen LogP) is 8.57. The third kappa shape index (κ3) is 5.12. The summed E-state index contributed by atoms with van der Waals surface area (Å²) in [5.74, 6) is 2.54. The summed E-state index contributed by atoms with van der Waals surface area (Å²) in [4.78, 5) is 0. The first-order valence-electron chi connectivity index (χ1n) is 12.3. The second kappa shape index (κ2) is 9.75. The number of allylic oxidation sites excluding steroid dienone is 2. The van der Waals surface area contributed by atoms with Crippen LogP contribution in [0.5, 0.6) is 0 Å². The van der Waals surface area contributed by atoms with Gasteiger partial charge in [-0.1, -0.05) is 37.5 Å². The van der Waals surface area contributed by atoms with Gasteiger partial charge in [0.2, 0.25) is 0 Å². The van der Waals surface area contributed by atoms with E-state index in [9.17, 15) is 8.78 Å². The van der Waals surface area contributed by atoms with Crippen molar-refractivity contribution >= 4 is 0 Å². The van der Waals surface area contributed by atoms with Crippen LogP contribution in [0.15, 0.2) is 29.8 Å². The van der Waals surface area contributed by atoms with Gasteiger partial charge in [-0.15, -0.1) is 0 Å². The summed E-state index contributed by atoms with van der Waals surface area (Å²) in [5, 5.41) is 0. The Labute approximate surface area is 176 Å². The summed E-state index contributed by atoms with van der Waals surface area (Å²) in [7, 11) is 0. The fourth-order valence-corrected chi connectivity index (χ4v) is 6.59. The molecule has 0 nitrogen and oxygen atoms in total. The van der Waals surface area contributed by atoms with E-state index in [1.807, 2.05) is 0 Å². The molecule has 160 valence electrons. The summed E-state index contributed by atoms with van der Waals surface area (Å²) >= 11 is 0. The Bertz CT molecular complexity index is 690. The van der Waals surface area contributed by atoms with Crippen LogP contribution in [-0.4, -0.2) is 0 Å². The minimum absolute atomic E-state index is 0.411. The Morgan fingerprint density at radius 3 is 2.14 bits per heavy atom. The molecular weight excluding hydrogens is 362 g/mol. The van der Waals surface area contributed by atoms with Crippen LogP contribution in [0.3, 0.4) is 0 Å². The third-order valence-electron chi connectivity index (χ3n) is 8.41. The molecule has 0 spiro atoms. The van der Waals surface area contributed by atoms with Gasteiger partial charge in [0.15, 0.2) is 11.6 Å². The Kier molecular flexibility index (Phi) is 7.08. The van der Waals surface area contributed by atoms with Crippen molar-refractivity contribution in [3.05, 3.63) is 47.0 Å². The van der Waals surface area contributed by atoms with Gasteiger partial charge in [-0.3, -0.25) is 0 Å². The van der Waals surface area contributed by atoms with Crippen molar-refractivity contribution in [3.8, 4) is 0 Å². The first-order valence-corrected chi connectivity index (χ1v) is 12.3. The lowest BCUT2D eigenvalue weighted by atomic mass is 9.68. The molecule has 4 rings (SSSR count). The molecule has 3 aliphatic carbocycles. The summed E-state index contributed by atoms with van der Waals surface area (Å²) in [6.07, 6.45) is 19.9. The molecular formula is C27H38F2. The molecule has 0 saturated heterocycles. The molecule has 0 heterocycles. The van der Waals surface area contributed by atoms with Crippen LogP contribution in [0.4, 0.5) is 8.78 Å². The average Bonchev–Trinajstić information content (AvgIpc) is 2.77. The van der Waals surface area contributed by atoms with E-state index < -0.39 is 11.6 Å². The maximum Gasteiger partial charge on any atom is 0.159 e. The van der Waals surface area contributed by atoms with Gasteiger partial charge in [0.25, 0.3) is 0 Å². The highest BCUT2D eigenvalue weighted by molar-refractivity contribution is 5.22. The van der Waals surface area contributed by atoms with Crippen LogP contribution in [0.25, 0.3) is 0 Å². The molecule has 0 radical (unpaired) electrons. The molecule has 3 aliphatic rings. The Hall–Kier alpha value is -1.18. The number of halogens is 2. The van der Waals surface area contributed by atoms with Crippen molar-refractivity contribution in [2.45, 2.75) is 96.3 Å². The lowest BCUT2D eigenvalue weighted by Crippen LogP contribution is -2.24. The van der Waals surface area contributed by atoms with Crippen molar-refractivity contribution in [1.82, 2.24) is 0 Å². The number of benzene rings is 1. The standard InChI is InChI=1S/C27H38F2/c1-2-3-19-4-6-20(7-5-19)21-8-10-22(11-9-21)23-12-14-24(15-13-23)25-16-17-26(28)27(29)18-25/h8,16-20,22-24H,2-7,9-15H2,1H3. The molecule has 29 heavy (non-hydrogen) atoms. The summed E-state index contributed by atoms with van der Waals surface area (Å²) in [5.41, 5.74) is 2.78. The second-order valence-electron chi connectivity index (χ2n) is 10.1. The molecule has 1 aromatic carbocycles. The second-order valence-corrected chi connectivity index (χ2v) is 10.1. The van der Waals surface area contributed by atoms with Gasteiger partial charge in [-0.2, -0.15) is 0 Å². The van der Waals surface area contributed by atoms with E-state index in [2.05, 4.69) is 13.0 Å². The van der Waals surface area contributed by atoms with Crippen LogP contribution in [0.2, 0.25) is 0 Å². The molecule has 2 fully saturated rings. The monoisotopic (exact) mass is 400 g/mol. The smallest absolute Gasteiger partial charge is 0.159 e. The Balaban J connectivity index is 1.25. The van der Waals surface area contributed by atoms with Gasteiger partial charge in [-0.05, 0) is 118 Å². The maximum absolute atomic E-state index is 13.6. The fourth-order valence-electron chi connectivity index (χ4n) is 6.59. The van der Waals surface area contributed by atoms with Gasteiger partial charge in [0.1, 0.15) is 0 Å². The van der Waals surface area contributed by atoms with Crippen LogP contribution >= 0.6 is 0 Å². The highest BCUT2D eigenvalue weighted by Crippen LogP contribution is 2.45. The first-order chi connectivity index (χ1) is 14.1. The van der Waals surface area contributed by atoms with Crippen LogP contribution in [-0.2, 0) is 0 Å². The third-order valence-corrected chi connectivity index (χ3v) is 8.41. The van der Waals surface area contributed by atoms with E-state index in [0.29, 0.717) is 5.92 Å². The lowest BCUT2D eigenvalue weighted by Gasteiger charge is -2.37. The zero-order chi connectivity index (χ0) is 20.2. The first kappa shape index (κ1) is 21.1. The Morgan fingerprint density at radius 1 is 0.793 bits per heavy atom. The van der Waals surface area contributed by atoms with Crippen molar-refractivity contribution in [2.24, 2.45) is 23.7 Å². The SMILES string of the molecule is CCCC1CCC(C2=CCC(C3CCC(c4ccc(F)c(F)c4)CC3)CC2)CC1. The van der Waals surface area contributed by atoms with Crippen molar-refractivity contribution in [2.75, 3.05) is 0 Å². The molecule has 0 aliphatic heterocycles. The number of hydrogen-bond acceptors (Lipinski definition) is 0. The molecule has 0 amide bonds. The normalized spacial score (nSPS) is 33.3. The fraction of sp³-hybridized carbons (Fsp3) is 0.704. The summed E-state index contributed by atoms with van der Waals surface area (Å²) in [6.45, 7) is 2.32. The highest BCUT2D eigenvalue weighted by atomic mass is 19.2. The molecule has 0 aromatic heterocycles. The van der Waals surface area contributed by atoms with Crippen molar-refractivity contribution in [1.29, 1.82) is 0 Å². The topological polar surface area (TPSA) is 0 Å². The van der Waals surface area contributed by atoms with E-state index >= 15 is 0 Å². The Morgan fingerprint density at radius 2 is 1.52 bits per heavy atom. The highest BCUT2D eigenvalue weighted by Gasteiger charge is 2.31. The molecule has 0 bridgehead atoms. The quantitative estimate of drug-likeness (QED) is 0.434. The molecule has 1 atom stereocenters. The zero-order valence-corrected chi connectivity index (χ0v) is 18.1. The number of rotatable bonds is 5. The van der Waals surface area contributed by atoms with Crippen LogP contribution in [0, 0.1) is 35.3 Å². The summed E-state index contributed by atoms with van der Waals surface area (Å²) < 4.78 is 26.8.